The highest BCUT2D eigenvalue weighted by atomic mass is 16.2. The van der Waals surface area contributed by atoms with Gasteiger partial charge in [-0.05, 0) is 38.0 Å². The molecule has 0 spiro atoms. The number of amides is 1. The van der Waals surface area contributed by atoms with Gasteiger partial charge in [0.05, 0.1) is 11.1 Å². The fourth-order valence-electron chi connectivity index (χ4n) is 2.57. The molecule has 5 heteroatoms. The fraction of sp³-hybridized carbons (Fsp3) is 0.250. The zero-order valence-electron chi connectivity index (χ0n) is 12.1. The Balaban J connectivity index is 2.15. The topological polar surface area (TPSA) is 69.9 Å². The average Bonchev–Trinajstić information content (AvgIpc) is 2.66. The monoisotopic (exact) mass is 278 g/mol. The molecule has 0 saturated heterocycles. The standard InChI is InChI=1S/C16H14N4O/c1-10-18-7-12(8-19-10)11-4-5-13-14(6-11)20(9-17)15(21)16(13,2)3/h4-8H,1-3H3. The van der Waals surface area contributed by atoms with E-state index in [-0.39, 0.29) is 5.91 Å². The van der Waals surface area contributed by atoms with Crippen LogP contribution in [0.2, 0.25) is 0 Å². The number of nitriles is 1. The molecular formula is C16H14N4O. The Bertz CT molecular complexity index is 772. The number of rotatable bonds is 1. The van der Waals surface area contributed by atoms with Crippen molar-refractivity contribution < 1.29 is 4.79 Å². The summed E-state index contributed by atoms with van der Waals surface area (Å²) in [6.45, 7) is 5.49. The number of aromatic nitrogens is 2. The Kier molecular flexibility index (Phi) is 2.77. The highest BCUT2D eigenvalue weighted by molar-refractivity contribution is 6.10. The van der Waals surface area contributed by atoms with Crippen molar-refractivity contribution in [1.29, 1.82) is 5.26 Å². The summed E-state index contributed by atoms with van der Waals surface area (Å²) in [5, 5.41) is 9.24. The molecule has 0 bridgehead atoms. The molecule has 21 heavy (non-hydrogen) atoms. The Labute approximate surface area is 122 Å². The second-order valence-corrected chi connectivity index (χ2v) is 5.62. The maximum atomic E-state index is 12.3. The Hall–Kier alpha value is -2.74. The number of carbonyl (C=O) groups is 1. The van der Waals surface area contributed by atoms with Gasteiger partial charge in [0.1, 0.15) is 5.82 Å². The third-order valence-corrected chi connectivity index (χ3v) is 3.86. The lowest BCUT2D eigenvalue weighted by Gasteiger charge is -2.15. The summed E-state index contributed by atoms with van der Waals surface area (Å²) in [5.74, 6) is 0.507. The first-order valence-corrected chi connectivity index (χ1v) is 6.63. The number of benzene rings is 1. The first-order chi connectivity index (χ1) is 9.95. The molecule has 0 unspecified atom stereocenters. The SMILES string of the molecule is Cc1ncc(-c2ccc3c(c2)N(C#N)C(=O)C3(C)C)cn1. The van der Waals surface area contributed by atoms with Crippen LogP contribution in [-0.2, 0) is 10.2 Å². The minimum atomic E-state index is -0.673. The molecule has 0 atom stereocenters. The molecule has 2 aromatic rings. The molecule has 0 fully saturated rings. The number of aryl methyl sites for hydroxylation is 1. The summed E-state index contributed by atoms with van der Waals surface area (Å²) in [7, 11) is 0. The minimum Gasteiger partial charge on any atom is -0.272 e. The number of carbonyl (C=O) groups excluding carboxylic acids is 1. The van der Waals surface area contributed by atoms with Gasteiger partial charge in [0, 0.05) is 18.0 Å². The summed E-state index contributed by atoms with van der Waals surface area (Å²) in [6.07, 6.45) is 5.44. The largest absolute Gasteiger partial charge is 0.272 e. The zero-order valence-corrected chi connectivity index (χ0v) is 12.1. The molecule has 1 aromatic heterocycles. The van der Waals surface area contributed by atoms with Gasteiger partial charge in [-0.3, -0.25) is 4.79 Å². The maximum Gasteiger partial charge on any atom is 0.250 e. The fourth-order valence-corrected chi connectivity index (χ4v) is 2.57. The quantitative estimate of drug-likeness (QED) is 0.752. The highest BCUT2D eigenvalue weighted by Gasteiger charge is 2.44. The van der Waals surface area contributed by atoms with Crippen LogP contribution in [0, 0.1) is 18.4 Å². The van der Waals surface area contributed by atoms with Gasteiger partial charge in [0.25, 0.3) is 0 Å². The molecule has 1 amide bonds. The van der Waals surface area contributed by atoms with Gasteiger partial charge in [-0.1, -0.05) is 12.1 Å². The summed E-state index contributed by atoms with van der Waals surface area (Å²) in [5.41, 5.74) is 2.59. The van der Waals surface area contributed by atoms with E-state index in [0.717, 1.165) is 21.6 Å². The lowest BCUT2D eigenvalue weighted by Crippen LogP contribution is -2.32. The van der Waals surface area contributed by atoms with Crippen LogP contribution in [0.4, 0.5) is 5.69 Å². The molecule has 0 N–H and O–H groups in total. The van der Waals surface area contributed by atoms with Gasteiger partial charge < -0.3 is 0 Å². The smallest absolute Gasteiger partial charge is 0.250 e. The van der Waals surface area contributed by atoms with E-state index in [1.165, 1.54) is 0 Å². The van der Waals surface area contributed by atoms with E-state index in [1.807, 2.05) is 45.2 Å². The lowest BCUT2D eigenvalue weighted by atomic mass is 9.85. The molecule has 1 aliphatic rings. The molecule has 0 aliphatic carbocycles. The van der Waals surface area contributed by atoms with Crippen LogP contribution in [0.25, 0.3) is 11.1 Å². The van der Waals surface area contributed by atoms with Crippen LogP contribution in [0.3, 0.4) is 0 Å². The van der Waals surface area contributed by atoms with Gasteiger partial charge in [0.15, 0.2) is 6.19 Å². The molecule has 0 saturated carbocycles. The third kappa shape index (κ3) is 1.88. The van der Waals surface area contributed by atoms with Crippen LogP contribution < -0.4 is 4.90 Å². The zero-order chi connectivity index (χ0) is 15.2. The summed E-state index contributed by atoms with van der Waals surface area (Å²) < 4.78 is 0. The van der Waals surface area contributed by atoms with E-state index in [2.05, 4.69) is 9.97 Å². The normalized spacial score (nSPS) is 15.7. The Morgan fingerprint density at radius 3 is 2.48 bits per heavy atom. The van der Waals surface area contributed by atoms with Crippen LogP contribution in [0.15, 0.2) is 30.6 Å². The number of fused-ring (bicyclic) bond motifs is 1. The van der Waals surface area contributed by atoms with Gasteiger partial charge in [0.2, 0.25) is 5.91 Å². The van der Waals surface area contributed by atoms with Gasteiger partial charge in [-0.15, -0.1) is 0 Å². The van der Waals surface area contributed by atoms with Crippen molar-refractivity contribution in [2.24, 2.45) is 0 Å². The van der Waals surface area contributed by atoms with Crippen molar-refractivity contribution in [2.45, 2.75) is 26.2 Å². The van der Waals surface area contributed by atoms with Crippen molar-refractivity contribution in [1.82, 2.24) is 9.97 Å². The van der Waals surface area contributed by atoms with Gasteiger partial charge in [-0.25, -0.2) is 14.9 Å². The predicted molar refractivity (Wildman–Crippen MR) is 78.3 cm³/mol. The molecule has 1 aliphatic heterocycles. The summed E-state index contributed by atoms with van der Waals surface area (Å²) in [4.78, 5) is 21.8. The van der Waals surface area contributed by atoms with Crippen molar-refractivity contribution in [2.75, 3.05) is 4.90 Å². The molecule has 1 aromatic carbocycles. The molecule has 104 valence electrons. The van der Waals surface area contributed by atoms with Crippen molar-refractivity contribution in [3.63, 3.8) is 0 Å². The van der Waals surface area contributed by atoms with Crippen LogP contribution in [-0.4, -0.2) is 15.9 Å². The van der Waals surface area contributed by atoms with Crippen LogP contribution in [0.1, 0.15) is 25.2 Å². The van der Waals surface area contributed by atoms with Crippen molar-refractivity contribution >= 4 is 11.6 Å². The number of nitrogens with zero attached hydrogens (tertiary/aromatic N) is 4. The van der Waals surface area contributed by atoms with E-state index in [9.17, 15) is 10.1 Å². The van der Waals surface area contributed by atoms with E-state index < -0.39 is 5.41 Å². The first kappa shape index (κ1) is 13.3. The van der Waals surface area contributed by atoms with Crippen molar-refractivity contribution in [3.05, 3.63) is 42.0 Å². The predicted octanol–water partition coefficient (Wildman–Crippen LogP) is 2.56. The van der Waals surface area contributed by atoms with E-state index in [0.29, 0.717) is 11.5 Å². The average molecular weight is 278 g/mol. The lowest BCUT2D eigenvalue weighted by molar-refractivity contribution is -0.121. The van der Waals surface area contributed by atoms with Crippen molar-refractivity contribution in [3.8, 4) is 17.3 Å². The Morgan fingerprint density at radius 2 is 1.86 bits per heavy atom. The minimum absolute atomic E-state index is 0.197. The van der Waals surface area contributed by atoms with Gasteiger partial charge in [-0.2, -0.15) is 5.26 Å². The first-order valence-electron chi connectivity index (χ1n) is 6.63. The molecule has 3 rings (SSSR count). The van der Waals surface area contributed by atoms with Crippen LogP contribution in [0.5, 0.6) is 0 Å². The van der Waals surface area contributed by atoms with E-state index >= 15 is 0 Å². The molecule has 0 radical (unpaired) electrons. The number of hydrogen-bond donors (Lipinski definition) is 0. The molecule has 5 nitrogen and oxygen atoms in total. The third-order valence-electron chi connectivity index (χ3n) is 3.86. The van der Waals surface area contributed by atoms with Gasteiger partial charge >= 0.3 is 0 Å². The number of hydrogen-bond acceptors (Lipinski definition) is 4. The van der Waals surface area contributed by atoms with Crippen LogP contribution >= 0.6 is 0 Å². The molecular weight excluding hydrogens is 264 g/mol. The second-order valence-electron chi connectivity index (χ2n) is 5.62. The maximum absolute atomic E-state index is 12.3. The van der Waals surface area contributed by atoms with E-state index in [4.69, 9.17) is 0 Å². The summed E-state index contributed by atoms with van der Waals surface area (Å²) >= 11 is 0. The number of anilines is 1. The second kappa shape index (κ2) is 4.38. The summed E-state index contributed by atoms with van der Waals surface area (Å²) in [6, 6.07) is 5.68. The Morgan fingerprint density at radius 1 is 1.19 bits per heavy atom. The highest BCUT2D eigenvalue weighted by Crippen LogP contribution is 2.42. The van der Waals surface area contributed by atoms with E-state index in [1.54, 1.807) is 12.4 Å². The molecule has 2 heterocycles.